The molecule has 0 aliphatic heterocycles. The monoisotopic (exact) mass is 318 g/mol. The lowest BCUT2D eigenvalue weighted by Gasteiger charge is -2.18. The van der Waals surface area contributed by atoms with Crippen LogP contribution >= 0.6 is 11.3 Å². The first kappa shape index (κ1) is 16.2. The summed E-state index contributed by atoms with van der Waals surface area (Å²) in [5.74, 6) is -0.840. The highest BCUT2D eigenvalue weighted by molar-refractivity contribution is 7.19. The SMILES string of the molecule is COC(=O)[C@@H](NC(=O)C=Cc1nc2ccccc2s1)C(C)C. The molecule has 0 aliphatic rings. The van der Waals surface area contributed by atoms with E-state index < -0.39 is 12.0 Å². The Morgan fingerprint density at radius 1 is 1.32 bits per heavy atom. The number of benzene rings is 1. The number of carbonyl (C=O) groups excluding carboxylic acids is 2. The van der Waals surface area contributed by atoms with Gasteiger partial charge in [-0.3, -0.25) is 4.79 Å². The number of amides is 1. The summed E-state index contributed by atoms with van der Waals surface area (Å²) in [7, 11) is 1.31. The second-order valence-electron chi connectivity index (χ2n) is 5.11. The summed E-state index contributed by atoms with van der Waals surface area (Å²) in [5, 5.41) is 3.39. The van der Waals surface area contributed by atoms with Crippen molar-refractivity contribution in [1.82, 2.24) is 10.3 Å². The van der Waals surface area contributed by atoms with Crippen LogP contribution in [0.2, 0.25) is 0 Å². The quantitative estimate of drug-likeness (QED) is 0.680. The highest BCUT2D eigenvalue weighted by atomic mass is 32.1. The van der Waals surface area contributed by atoms with Crippen LogP contribution in [-0.4, -0.2) is 30.0 Å². The molecule has 0 saturated heterocycles. The van der Waals surface area contributed by atoms with Crippen molar-refractivity contribution < 1.29 is 14.3 Å². The third kappa shape index (κ3) is 3.92. The Kier molecular flexibility index (Phi) is 5.27. The number of methoxy groups -OCH3 is 1. The Balaban J connectivity index is 2.05. The van der Waals surface area contributed by atoms with E-state index in [1.807, 2.05) is 38.1 Å². The molecule has 1 amide bonds. The Morgan fingerprint density at radius 3 is 2.68 bits per heavy atom. The number of carbonyl (C=O) groups is 2. The zero-order chi connectivity index (χ0) is 16.1. The maximum absolute atomic E-state index is 11.9. The molecule has 2 aromatic rings. The van der Waals surface area contributed by atoms with Crippen molar-refractivity contribution in [2.75, 3.05) is 7.11 Å². The minimum atomic E-state index is -0.655. The molecule has 1 atom stereocenters. The van der Waals surface area contributed by atoms with Crippen molar-refractivity contribution in [3.05, 3.63) is 35.3 Å². The van der Waals surface area contributed by atoms with Gasteiger partial charge in [-0.2, -0.15) is 0 Å². The summed E-state index contributed by atoms with van der Waals surface area (Å²) in [5.41, 5.74) is 0.905. The molecular weight excluding hydrogens is 300 g/mol. The van der Waals surface area contributed by atoms with Gasteiger partial charge in [0.1, 0.15) is 11.0 Å². The number of hydrogen-bond acceptors (Lipinski definition) is 5. The molecule has 2 rings (SSSR count). The fourth-order valence-electron chi connectivity index (χ4n) is 1.93. The fraction of sp³-hybridized carbons (Fsp3) is 0.312. The van der Waals surface area contributed by atoms with E-state index in [1.165, 1.54) is 24.5 Å². The van der Waals surface area contributed by atoms with Crippen LogP contribution in [0.5, 0.6) is 0 Å². The van der Waals surface area contributed by atoms with Gasteiger partial charge in [0.2, 0.25) is 5.91 Å². The molecule has 0 unspecified atom stereocenters. The number of nitrogens with one attached hydrogen (secondary N) is 1. The zero-order valence-electron chi connectivity index (χ0n) is 12.7. The Labute approximate surface area is 133 Å². The average molecular weight is 318 g/mol. The average Bonchev–Trinajstić information content (AvgIpc) is 2.92. The van der Waals surface area contributed by atoms with E-state index in [4.69, 9.17) is 0 Å². The molecule has 22 heavy (non-hydrogen) atoms. The van der Waals surface area contributed by atoms with Crippen LogP contribution in [0.15, 0.2) is 30.3 Å². The van der Waals surface area contributed by atoms with Crippen molar-refractivity contribution in [3.63, 3.8) is 0 Å². The van der Waals surface area contributed by atoms with Crippen molar-refractivity contribution in [2.45, 2.75) is 19.9 Å². The smallest absolute Gasteiger partial charge is 0.328 e. The van der Waals surface area contributed by atoms with Crippen LogP contribution < -0.4 is 5.32 Å². The molecule has 0 radical (unpaired) electrons. The zero-order valence-corrected chi connectivity index (χ0v) is 13.5. The molecule has 0 spiro atoms. The van der Waals surface area contributed by atoms with Crippen LogP contribution in [0.3, 0.4) is 0 Å². The lowest BCUT2D eigenvalue weighted by Crippen LogP contribution is -2.44. The van der Waals surface area contributed by atoms with Crippen LogP contribution in [0, 0.1) is 5.92 Å². The van der Waals surface area contributed by atoms with Crippen LogP contribution in [0.25, 0.3) is 16.3 Å². The van der Waals surface area contributed by atoms with E-state index >= 15 is 0 Å². The van der Waals surface area contributed by atoms with E-state index in [2.05, 4.69) is 15.0 Å². The van der Waals surface area contributed by atoms with E-state index in [-0.39, 0.29) is 11.8 Å². The molecule has 0 bridgehead atoms. The number of aromatic nitrogens is 1. The van der Waals surface area contributed by atoms with E-state index in [1.54, 1.807) is 6.08 Å². The van der Waals surface area contributed by atoms with Crippen molar-refractivity contribution in [1.29, 1.82) is 0 Å². The Morgan fingerprint density at radius 2 is 2.05 bits per heavy atom. The number of thiazole rings is 1. The minimum absolute atomic E-state index is 0.0488. The predicted octanol–water partition coefficient (Wildman–Crippen LogP) is 2.62. The molecule has 0 fully saturated rings. The Hall–Kier alpha value is -2.21. The van der Waals surface area contributed by atoms with Gasteiger partial charge in [0, 0.05) is 6.08 Å². The highest BCUT2D eigenvalue weighted by Crippen LogP contribution is 2.22. The van der Waals surface area contributed by atoms with Gasteiger partial charge < -0.3 is 10.1 Å². The van der Waals surface area contributed by atoms with Crippen molar-refractivity contribution in [2.24, 2.45) is 5.92 Å². The number of nitrogens with zero attached hydrogens (tertiary/aromatic N) is 1. The van der Waals surface area contributed by atoms with Crippen LogP contribution in [0.4, 0.5) is 0 Å². The van der Waals surface area contributed by atoms with Gasteiger partial charge in [-0.1, -0.05) is 26.0 Å². The maximum Gasteiger partial charge on any atom is 0.328 e. The lowest BCUT2D eigenvalue weighted by molar-refractivity contribution is -0.145. The molecule has 6 heteroatoms. The minimum Gasteiger partial charge on any atom is -0.467 e. The van der Waals surface area contributed by atoms with E-state index in [0.29, 0.717) is 0 Å². The van der Waals surface area contributed by atoms with Gasteiger partial charge in [-0.25, -0.2) is 9.78 Å². The number of ether oxygens (including phenoxy) is 1. The van der Waals surface area contributed by atoms with Crippen molar-refractivity contribution >= 4 is 39.5 Å². The molecule has 5 nitrogen and oxygen atoms in total. The molecule has 116 valence electrons. The summed E-state index contributed by atoms with van der Waals surface area (Å²) in [6.07, 6.45) is 3.03. The normalized spacial score (nSPS) is 12.7. The Bertz CT molecular complexity index is 673. The van der Waals surface area contributed by atoms with Crippen molar-refractivity contribution in [3.8, 4) is 0 Å². The second-order valence-corrected chi connectivity index (χ2v) is 6.17. The maximum atomic E-state index is 11.9. The summed E-state index contributed by atoms with van der Waals surface area (Å²) in [6, 6.07) is 7.12. The largest absolute Gasteiger partial charge is 0.467 e. The number of fused-ring (bicyclic) bond motifs is 1. The molecular formula is C16H18N2O3S. The number of esters is 1. The molecule has 0 saturated carbocycles. The van der Waals surface area contributed by atoms with Crippen LogP contribution in [-0.2, 0) is 14.3 Å². The summed E-state index contributed by atoms with van der Waals surface area (Å²) >= 11 is 1.51. The van der Waals surface area contributed by atoms with Gasteiger partial charge in [-0.05, 0) is 24.1 Å². The first-order chi connectivity index (χ1) is 10.5. The number of hydrogen-bond donors (Lipinski definition) is 1. The molecule has 1 aromatic carbocycles. The lowest BCUT2D eigenvalue weighted by atomic mass is 10.0. The standard InChI is InChI=1S/C16H18N2O3S/c1-10(2)15(16(20)21-3)18-13(19)8-9-14-17-11-6-4-5-7-12(11)22-14/h4-10,15H,1-3H3,(H,18,19)/t15-/m0/s1. The summed E-state index contributed by atoms with van der Waals surface area (Å²) in [4.78, 5) is 28.0. The van der Waals surface area contributed by atoms with Gasteiger partial charge in [0.05, 0.1) is 17.3 Å². The van der Waals surface area contributed by atoms with Gasteiger partial charge >= 0.3 is 5.97 Å². The van der Waals surface area contributed by atoms with E-state index in [9.17, 15) is 9.59 Å². The second kappa shape index (κ2) is 7.17. The number of para-hydroxylation sites is 1. The molecule has 1 N–H and O–H groups in total. The fourth-order valence-corrected chi connectivity index (χ4v) is 2.80. The first-order valence-electron chi connectivity index (χ1n) is 6.93. The first-order valence-corrected chi connectivity index (χ1v) is 7.75. The molecule has 1 heterocycles. The predicted molar refractivity (Wildman–Crippen MR) is 87.4 cm³/mol. The van der Waals surface area contributed by atoms with Gasteiger partial charge in [-0.15, -0.1) is 11.3 Å². The molecule has 1 aromatic heterocycles. The highest BCUT2D eigenvalue weighted by Gasteiger charge is 2.23. The third-order valence-electron chi connectivity index (χ3n) is 3.11. The van der Waals surface area contributed by atoms with Gasteiger partial charge in [0.25, 0.3) is 0 Å². The van der Waals surface area contributed by atoms with E-state index in [0.717, 1.165) is 15.2 Å². The molecule has 0 aliphatic carbocycles. The van der Waals surface area contributed by atoms with Gasteiger partial charge in [0.15, 0.2) is 0 Å². The summed E-state index contributed by atoms with van der Waals surface area (Å²) < 4.78 is 5.76. The topological polar surface area (TPSA) is 68.3 Å². The third-order valence-corrected chi connectivity index (χ3v) is 4.11. The summed E-state index contributed by atoms with van der Waals surface area (Å²) in [6.45, 7) is 3.69. The number of rotatable bonds is 5. The van der Waals surface area contributed by atoms with Crippen LogP contribution in [0.1, 0.15) is 18.9 Å².